The molecule has 1 aromatic heterocycles. The zero-order valence-corrected chi connectivity index (χ0v) is 15.5. The number of ether oxygens (including phenoxy) is 3. The second kappa shape index (κ2) is 7.83. The lowest BCUT2D eigenvalue weighted by Crippen LogP contribution is -2.03. The van der Waals surface area contributed by atoms with Crippen LogP contribution >= 0.6 is 0 Å². The van der Waals surface area contributed by atoms with Crippen LogP contribution in [0.2, 0.25) is 0 Å². The lowest BCUT2D eigenvalue weighted by atomic mass is 10.0. The van der Waals surface area contributed by atoms with Crippen molar-refractivity contribution >= 4 is 11.5 Å². The summed E-state index contributed by atoms with van der Waals surface area (Å²) in [5.41, 5.74) is 1.54. The Hall–Kier alpha value is -3.81. The average Bonchev–Trinajstić information content (AvgIpc) is 3.22. The van der Waals surface area contributed by atoms with Gasteiger partial charge in [0.05, 0.1) is 26.3 Å². The van der Waals surface area contributed by atoms with Crippen molar-refractivity contribution in [1.82, 2.24) is 4.57 Å². The number of rotatable bonds is 7. The van der Waals surface area contributed by atoms with Crippen LogP contribution < -0.4 is 14.2 Å². The van der Waals surface area contributed by atoms with Gasteiger partial charge >= 0.3 is 0 Å². The van der Waals surface area contributed by atoms with Gasteiger partial charge in [-0.3, -0.25) is 14.9 Å². The average molecular weight is 382 g/mol. The number of ketones is 1. The quantitative estimate of drug-likeness (QED) is 0.352. The Kier molecular flexibility index (Phi) is 5.30. The summed E-state index contributed by atoms with van der Waals surface area (Å²) in [5.74, 6) is 0.963. The molecule has 0 radical (unpaired) electrons. The maximum atomic E-state index is 12.9. The highest BCUT2D eigenvalue weighted by Gasteiger charge is 2.19. The number of aromatic nitrogens is 1. The van der Waals surface area contributed by atoms with E-state index in [1.807, 2.05) is 0 Å². The molecular formula is C20H18N2O6. The number of hydrogen-bond acceptors (Lipinski definition) is 6. The molecular weight excluding hydrogens is 364 g/mol. The molecule has 0 spiro atoms. The molecule has 0 bridgehead atoms. The van der Waals surface area contributed by atoms with Gasteiger partial charge in [-0.25, -0.2) is 0 Å². The van der Waals surface area contributed by atoms with Crippen LogP contribution in [0.4, 0.5) is 5.69 Å². The number of nitrogens with zero attached hydrogens (tertiary/aromatic N) is 2. The van der Waals surface area contributed by atoms with Crippen LogP contribution in [0, 0.1) is 10.1 Å². The standard InChI is InChI=1S/C20H18N2O6/c1-26-17-10-14(11-18(27-2)20(17)28-3)19(23)13-8-9-21(12-13)15-4-6-16(7-5-15)22(24)25/h4-12H,1-3H3. The molecule has 0 aliphatic heterocycles. The smallest absolute Gasteiger partial charge is 0.269 e. The predicted octanol–water partition coefficient (Wildman–Crippen LogP) is 3.64. The van der Waals surface area contributed by atoms with E-state index in [2.05, 4.69) is 0 Å². The Bertz CT molecular complexity index is 998. The summed E-state index contributed by atoms with van der Waals surface area (Å²) in [7, 11) is 4.46. The molecule has 0 saturated heterocycles. The SMILES string of the molecule is COc1cc(C(=O)c2ccn(-c3ccc([N+](=O)[O-])cc3)c2)cc(OC)c1OC. The molecule has 2 aromatic carbocycles. The third-order valence-corrected chi connectivity index (χ3v) is 4.24. The maximum Gasteiger partial charge on any atom is 0.269 e. The van der Waals surface area contributed by atoms with E-state index in [0.717, 1.165) is 0 Å². The zero-order chi connectivity index (χ0) is 20.3. The Balaban J connectivity index is 1.93. The second-order valence-corrected chi connectivity index (χ2v) is 5.82. The highest BCUT2D eigenvalue weighted by molar-refractivity contribution is 6.09. The molecule has 3 rings (SSSR count). The van der Waals surface area contributed by atoms with Crippen LogP contribution in [0.15, 0.2) is 54.9 Å². The molecule has 28 heavy (non-hydrogen) atoms. The lowest BCUT2D eigenvalue weighted by molar-refractivity contribution is -0.384. The molecule has 0 amide bonds. The van der Waals surface area contributed by atoms with E-state index >= 15 is 0 Å². The van der Waals surface area contributed by atoms with E-state index in [1.165, 1.54) is 33.5 Å². The number of benzene rings is 2. The first-order valence-electron chi connectivity index (χ1n) is 8.26. The zero-order valence-electron chi connectivity index (χ0n) is 15.5. The number of methoxy groups -OCH3 is 3. The first kappa shape index (κ1) is 19.0. The molecule has 1 heterocycles. The van der Waals surface area contributed by atoms with Gasteiger partial charge in [0.2, 0.25) is 5.75 Å². The van der Waals surface area contributed by atoms with Crippen molar-refractivity contribution in [2.75, 3.05) is 21.3 Å². The third kappa shape index (κ3) is 3.52. The van der Waals surface area contributed by atoms with Crippen LogP contribution in [0.5, 0.6) is 17.2 Å². The molecule has 0 fully saturated rings. The van der Waals surface area contributed by atoms with Crippen LogP contribution in [0.25, 0.3) is 5.69 Å². The number of nitro groups is 1. The van der Waals surface area contributed by atoms with Crippen molar-refractivity contribution in [1.29, 1.82) is 0 Å². The van der Waals surface area contributed by atoms with Gasteiger partial charge in [-0.1, -0.05) is 0 Å². The number of non-ortho nitro benzene ring substituents is 1. The number of carbonyl (C=O) groups is 1. The van der Waals surface area contributed by atoms with Crippen molar-refractivity contribution < 1.29 is 23.9 Å². The monoisotopic (exact) mass is 382 g/mol. The van der Waals surface area contributed by atoms with Crippen LogP contribution in [-0.4, -0.2) is 36.6 Å². The van der Waals surface area contributed by atoms with Crippen molar-refractivity contribution in [3.05, 3.63) is 76.1 Å². The summed E-state index contributed by atoms with van der Waals surface area (Å²) in [6, 6.07) is 10.9. The van der Waals surface area contributed by atoms with Gasteiger partial charge in [0, 0.05) is 41.3 Å². The first-order valence-corrected chi connectivity index (χ1v) is 8.26. The Morgan fingerprint density at radius 1 is 0.929 bits per heavy atom. The van der Waals surface area contributed by atoms with Gasteiger partial charge in [-0.05, 0) is 30.3 Å². The summed E-state index contributed by atoms with van der Waals surface area (Å²) in [4.78, 5) is 23.2. The highest BCUT2D eigenvalue weighted by Crippen LogP contribution is 2.38. The molecule has 0 N–H and O–H groups in total. The molecule has 8 heteroatoms. The number of carbonyl (C=O) groups excluding carboxylic acids is 1. The van der Waals surface area contributed by atoms with E-state index in [1.54, 1.807) is 47.3 Å². The van der Waals surface area contributed by atoms with Crippen LogP contribution in [0.1, 0.15) is 15.9 Å². The van der Waals surface area contributed by atoms with Crippen molar-refractivity contribution in [2.45, 2.75) is 0 Å². The highest BCUT2D eigenvalue weighted by atomic mass is 16.6. The fraction of sp³-hybridized carbons (Fsp3) is 0.150. The normalized spacial score (nSPS) is 10.4. The number of hydrogen-bond donors (Lipinski definition) is 0. The maximum absolute atomic E-state index is 12.9. The lowest BCUT2D eigenvalue weighted by Gasteiger charge is -2.13. The fourth-order valence-corrected chi connectivity index (χ4v) is 2.82. The third-order valence-electron chi connectivity index (χ3n) is 4.24. The predicted molar refractivity (Wildman–Crippen MR) is 102 cm³/mol. The van der Waals surface area contributed by atoms with Crippen molar-refractivity contribution in [2.24, 2.45) is 0 Å². The molecule has 0 saturated carbocycles. The Morgan fingerprint density at radius 2 is 1.54 bits per heavy atom. The van der Waals surface area contributed by atoms with Gasteiger partial charge in [0.15, 0.2) is 17.3 Å². The fourth-order valence-electron chi connectivity index (χ4n) is 2.82. The minimum atomic E-state index is -0.459. The van der Waals surface area contributed by atoms with E-state index in [4.69, 9.17) is 14.2 Å². The van der Waals surface area contributed by atoms with Gasteiger partial charge < -0.3 is 18.8 Å². The van der Waals surface area contributed by atoms with E-state index < -0.39 is 4.92 Å². The van der Waals surface area contributed by atoms with E-state index in [0.29, 0.717) is 34.1 Å². The van der Waals surface area contributed by atoms with E-state index in [-0.39, 0.29) is 11.5 Å². The summed E-state index contributed by atoms with van der Waals surface area (Å²) in [6.45, 7) is 0. The molecule has 0 aliphatic rings. The Labute approximate surface area is 161 Å². The van der Waals surface area contributed by atoms with E-state index in [9.17, 15) is 14.9 Å². The number of nitro benzene ring substituents is 1. The first-order chi connectivity index (χ1) is 13.5. The molecule has 0 aliphatic carbocycles. The molecule has 8 nitrogen and oxygen atoms in total. The van der Waals surface area contributed by atoms with Gasteiger partial charge in [-0.2, -0.15) is 0 Å². The van der Waals surface area contributed by atoms with Crippen LogP contribution in [0.3, 0.4) is 0 Å². The summed E-state index contributed by atoms with van der Waals surface area (Å²) >= 11 is 0. The van der Waals surface area contributed by atoms with Gasteiger partial charge in [0.25, 0.3) is 5.69 Å². The van der Waals surface area contributed by atoms with Crippen LogP contribution in [-0.2, 0) is 0 Å². The van der Waals surface area contributed by atoms with Gasteiger partial charge in [-0.15, -0.1) is 0 Å². The minimum absolute atomic E-state index is 0.00429. The molecule has 3 aromatic rings. The molecule has 144 valence electrons. The second-order valence-electron chi connectivity index (χ2n) is 5.82. The summed E-state index contributed by atoms with van der Waals surface area (Å²) < 4.78 is 17.6. The van der Waals surface area contributed by atoms with Crippen molar-refractivity contribution in [3.8, 4) is 22.9 Å². The summed E-state index contributed by atoms with van der Waals surface area (Å²) in [5, 5.41) is 10.8. The minimum Gasteiger partial charge on any atom is -0.493 e. The van der Waals surface area contributed by atoms with Crippen molar-refractivity contribution in [3.63, 3.8) is 0 Å². The topological polar surface area (TPSA) is 92.8 Å². The largest absolute Gasteiger partial charge is 0.493 e. The Morgan fingerprint density at radius 3 is 2.04 bits per heavy atom. The van der Waals surface area contributed by atoms with Gasteiger partial charge in [0.1, 0.15) is 0 Å². The molecule has 0 atom stereocenters. The summed E-state index contributed by atoms with van der Waals surface area (Å²) in [6.07, 6.45) is 3.37. The molecule has 0 unspecified atom stereocenters.